The molecule has 1 N–H and O–H groups in total. The Bertz CT molecular complexity index is 516. The van der Waals surface area contributed by atoms with Crippen LogP contribution in [0.1, 0.15) is 23.6 Å². The van der Waals surface area contributed by atoms with Gasteiger partial charge in [-0.15, -0.1) is 0 Å². The van der Waals surface area contributed by atoms with E-state index in [1.807, 2.05) is 0 Å². The molecule has 1 aliphatic carbocycles. The second-order valence-corrected chi connectivity index (χ2v) is 4.66. The molecule has 1 unspecified atom stereocenters. The monoisotopic (exact) mass is 223 g/mol. The van der Waals surface area contributed by atoms with E-state index in [4.69, 9.17) is 0 Å². The van der Waals surface area contributed by atoms with Crippen LogP contribution in [0.15, 0.2) is 48.5 Å². The predicted molar refractivity (Wildman–Crippen MR) is 72.0 cm³/mol. The minimum Gasteiger partial charge on any atom is -0.313 e. The van der Waals surface area contributed by atoms with Gasteiger partial charge in [0.15, 0.2) is 0 Å². The van der Waals surface area contributed by atoms with Crippen LogP contribution < -0.4 is 5.32 Å². The maximum Gasteiger partial charge on any atom is 0.0323 e. The molecule has 2 aromatic carbocycles. The molecule has 1 atom stereocenters. The summed E-state index contributed by atoms with van der Waals surface area (Å²) >= 11 is 0. The van der Waals surface area contributed by atoms with E-state index in [0.717, 1.165) is 0 Å². The molecule has 0 aliphatic heterocycles. The SMILES string of the molecule is CNC1CCc2ccc(-c3ccccc3)cc21. The molecule has 2 aromatic rings. The van der Waals surface area contributed by atoms with Crippen molar-refractivity contribution in [3.63, 3.8) is 0 Å². The van der Waals surface area contributed by atoms with Crippen LogP contribution in [0.25, 0.3) is 11.1 Å². The summed E-state index contributed by atoms with van der Waals surface area (Å²) in [5.74, 6) is 0. The van der Waals surface area contributed by atoms with E-state index in [2.05, 4.69) is 60.9 Å². The maximum atomic E-state index is 3.40. The zero-order valence-corrected chi connectivity index (χ0v) is 10.1. The number of aryl methyl sites for hydroxylation is 1. The molecule has 0 fully saturated rings. The minimum absolute atomic E-state index is 0.536. The first-order valence-electron chi connectivity index (χ1n) is 6.24. The Morgan fingerprint density at radius 3 is 2.59 bits per heavy atom. The molecular formula is C16H17N. The van der Waals surface area contributed by atoms with Gasteiger partial charge in [0.1, 0.15) is 0 Å². The summed E-state index contributed by atoms with van der Waals surface area (Å²) in [5, 5.41) is 3.40. The van der Waals surface area contributed by atoms with E-state index in [-0.39, 0.29) is 0 Å². The first kappa shape index (κ1) is 10.5. The Morgan fingerprint density at radius 2 is 1.82 bits per heavy atom. The highest BCUT2D eigenvalue weighted by Gasteiger charge is 2.20. The van der Waals surface area contributed by atoms with E-state index in [9.17, 15) is 0 Å². The van der Waals surface area contributed by atoms with Gasteiger partial charge in [-0.3, -0.25) is 0 Å². The summed E-state index contributed by atoms with van der Waals surface area (Å²) < 4.78 is 0. The number of nitrogens with one attached hydrogen (secondary N) is 1. The van der Waals surface area contributed by atoms with Gasteiger partial charge in [-0.2, -0.15) is 0 Å². The maximum absolute atomic E-state index is 3.40. The van der Waals surface area contributed by atoms with Gasteiger partial charge in [-0.1, -0.05) is 42.5 Å². The molecule has 86 valence electrons. The minimum atomic E-state index is 0.536. The largest absolute Gasteiger partial charge is 0.313 e. The van der Waals surface area contributed by atoms with Crippen molar-refractivity contribution in [3.05, 3.63) is 59.7 Å². The van der Waals surface area contributed by atoms with Crippen LogP contribution in [0, 0.1) is 0 Å². The molecule has 1 heteroatoms. The van der Waals surface area contributed by atoms with E-state index >= 15 is 0 Å². The molecule has 0 aromatic heterocycles. The predicted octanol–water partition coefficient (Wildman–Crippen LogP) is 3.56. The average molecular weight is 223 g/mol. The Balaban J connectivity index is 2.04. The normalized spacial score (nSPS) is 18.1. The van der Waals surface area contributed by atoms with Gasteiger partial charge in [0.25, 0.3) is 0 Å². The summed E-state index contributed by atoms with van der Waals surface area (Å²) in [6, 6.07) is 18.0. The van der Waals surface area contributed by atoms with E-state index in [1.54, 1.807) is 0 Å². The first-order valence-corrected chi connectivity index (χ1v) is 6.24. The molecule has 0 bridgehead atoms. The second kappa shape index (κ2) is 4.34. The standard InChI is InChI=1S/C16H17N/c1-17-16-10-9-13-7-8-14(11-15(13)16)12-5-3-2-4-6-12/h2-8,11,16-17H,9-10H2,1H3. The molecule has 1 nitrogen and oxygen atoms in total. The van der Waals surface area contributed by atoms with Gasteiger partial charge in [0, 0.05) is 6.04 Å². The molecule has 1 aliphatic rings. The van der Waals surface area contributed by atoms with Gasteiger partial charge < -0.3 is 5.32 Å². The van der Waals surface area contributed by atoms with Crippen LogP contribution in [-0.2, 0) is 6.42 Å². The zero-order chi connectivity index (χ0) is 11.7. The third kappa shape index (κ3) is 1.87. The van der Waals surface area contributed by atoms with Crippen LogP contribution in [0.5, 0.6) is 0 Å². The number of hydrogen-bond donors (Lipinski definition) is 1. The molecule has 0 radical (unpaired) electrons. The fraction of sp³-hybridized carbons (Fsp3) is 0.250. The number of fused-ring (bicyclic) bond motifs is 1. The number of benzene rings is 2. The van der Waals surface area contributed by atoms with Crippen LogP contribution in [0.4, 0.5) is 0 Å². The lowest BCUT2D eigenvalue weighted by atomic mass is 9.99. The smallest absolute Gasteiger partial charge is 0.0323 e. The third-order valence-corrected chi connectivity index (χ3v) is 3.68. The van der Waals surface area contributed by atoms with Crippen LogP contribution in [-0.4, -0.2) is 7.05 Å². The van der Waals surface area contributed by atoms with Crippen LogP contribution >= 0.6 is 0 Å². The Hall–Kier alpha value is -1.60. The second-order valence-electron chi connectivity index (χ2n) is 4.66. The highest BCUT2D eigenvalue weighted by Crippen LogP contribution is 2.34. The van der Waals surface area contributed by atoms with Crippen molar-refractivity contribution in [2.45, 2.75) is 18.9 Å². The van der Waals surface area contributed by atoms with Crippen molar-refractivity contribution >= 4 is 0 Å². The fourth-order valence-corrected chi connectivity index (χ4v) is 2.71. The molecular weight excluding hydrogens is 206 g/mol. The molecule has 3 rings (SSSR count). The van der Waals surface area contributed by atoms with Crippen molar-refractivity contribution in [2.75, 3.05) is 7.05 Å². The van der Waals surface area contributed by atoms with Crippen molar-refractivity contribution in [3.8, 4) is 11.1 Å². The lowest BCUT2D eigenvalue weighted by molar-refractivity contribution is 0.590. The number of rotatable bonds is 2. The zero-order valence-electron chi connectivity index (χ0n) is 10.1. The molecule has 0 heterocycles. The van der Waals surface area contributed by atoms with E-state index in [0.29, 0.717) is 6.04 Å². The average Bonchev–Trinajstić information content (AvgIpc) is 2.81. The Kier molecular flexibility index (Phi) is 2.69. The lowest BCUT2D eigenvalue weighted by Crippen LogP contribution is -2.12. The molecule has 17 heavy (non-hydrogen) atoms. The van der Waals surface area contributed by atoms with Crippen molar-refractivity contribution in [1.29, 1.82) is 0 Å². The Labute approximate surface area is 102 Å². The van der Waals surface area contributed by atoms with Gasteiger partial charge in [0.05, 0.1) is 0 Å². The molecule has 0 amide bonds. The first-order chi connectivity index (χ1) is 8.38. The summed E-state index contributed by atoms with van der Waals surface area (Å²) in [7, 11) is 2.05. The van der Waals surface area contributed by atoms with Gasteiger partial charge in [-0.25, -0.2) is 0 Å². The fourth-order valence-electron chi connectivity index (χ4n) is 2.71. The summed E-state index contributed by atoms with van der Waals surface area (Å²) in [6.07, 6.45) is 2.43. The van der Waals surface area contributed by atoms with Crippen molar-refractivity contribution in [1.82, 2.24) is 5.32 Å². The van der Waals surface area contributed by atoms with Crippen LogP contribution in [0.3, 0.4) is 0 Å². The molecule has 0 spiro atoms. The van der Waals surface area contributed by atoms with Crippen molar-refractivity contribution in [2.24, 2.45) is 0 Å². The molecule has 0 saturated heterocycles. The third-order valence-electron chi connectivity index (χ3n) is 3.68. The van der Waals surface area contributed by atoms with Gasteiger partial charge in [0.2, 0.25) is 0 Å². The lowest BCUT2D eigenvalue weighted by Gasteiger charge is -2.11. The highest BCUT2D eigenvalue weighted by atomic mass is 14.9. The number of hydrogen-bond acceptors (Lipinski definition) is 1. The Morgan fingerprint density at radius 1 is 1.00 bits per heavy atom. The highest BCUT2D eigenvalue weighted by molar-refractivity contribution is 5.65. The van der Waals surface area contributed by atoms with Gasteiger partial charge >= 0.3 is 0 Å². The van der Waals surface area contributed by atoms with Crippen LogP contribution in [0.2, 0.25) is 0 Å². The summed E-state index contributed by atoms with van der Waals surface area (Å²) in [6.45, 7) is 0. The van der Waals surface area contributed by atoms with E-state index < -0.39 is 0 Å². The van der Waals surface area contributed by atoms with Gasteiger partial charge in [-0.05, 0) is 48.2 Å². The molecule has 0 saturated carbocycles. The van der Waals surface area contributed by atoms with Crippen molar-refractivity contribution < 1.29 is 0 Å². The van der Waals surface area contributed by atoms with E-state index in [1.165, 1.54) is 35.1 Å². The quantitative estimate of drug-likeness (QED) is 0.820. The summed E-state index contributed by atoms with van der Waals surface area (Å²) in [4.78, 5) is 0. The summed E-state index contributed by atoms with van der Waals surface area (Å²) in [5.41, 5.74) is 5.61. The topological polar surface area (TPSA) is 12.0 Å².